The molecule has 0 bridgehead atoms. The number of guanidine groups is 1. The van der Waals surface area contributed by atoms with Crippen LogP contribution < -0.4 is 10.6 Å². The molecule has 2 aromatic rings. The third-order valence-corrected chi connectivity index (χ3v) is 3.30. The van der Waals surface area contributed by atoms with Crippen molar-refractivity contribution in [2.75, 3.05) is 7.05 Å². The van der Waals surface area contributed by atoms with Gasteiger partial charge < -0.3 is 15.1 Å². The van der Waals surface area contributed by atoms with Gasteiger partial charge in [0.1, 0.15) is 6.26 Å². The number of aromatic nitrogens is 1. The van der Waals surface area contributed by atoms with E-state index >= 15 is 0 Å². The van der Waals surface area contributed by atoms with Crippen molar-refractivity contribution >= 4 is 41.3 Å². The molecule has 5 nitrogen and oxygen atoms in total. The lowest BCUT2D eigenvalue weighted by Gasteiger charge is -2.23. The SMILES string of the molecule is CN=C(NCc1coc(-c2cccs2)n1)NC(C)(C)C.I. The van der Waals surface area contributed by atoms with Crippen molar-refractivity contribution in [2.24, 2.45) is 4.99 Å². The Hall–Kier alpha value is -1.09. The minimum absolute atomic E-state index is 0. The molecule has 2 aromatic heterocycles. The van der Waals surface area contributed by atoms with Gasteiger partial charge in [-0.05, 0) is 32.2 Å². The predicted octanol–water partition coefficient (Wildman–Crippen LogP) is 3.48. The number of oxazole rings is 1. The van der Waals surface area contributed by atoms with Gasteiger partial charge in [-0.15, -0.1) is 35.3 Å². The summed E-state index contributed by atoms with van der Waals surface area (Å²) in [5.41, 5.74) is 0.818. The Balaban J connectivity index is 0.00000220. The van der Waals surface area contributed by atoms with Gasteiger partial charge >= 0.3 is 0 Å². The van der Waals surface area contributed by atoms with Crippen molar-refractivity contribution in [1.82, 2.24) is 15.6 Å². The van der Waals surface area contributed by atoms with Crippen LogP contribution in [0, 0.1) is 0 Å². The fourth-order valence-corrected chi connectivity index (χ4v) is 2.27. The molecule has 116 valence electrons. The number of aliphatic imine (C=N–C) groups is 1. The molecule has 0 radical (unpaired) electrons. The normalized spacial score (nSPS) is 11.9. The van der Waals surface area contributed by atoms with Crippen molar-refractivity contribution in [2.45, 2.75) is 32.9 Å². The third-order valence-electron chi connectivity index (χ3n) is 2.44. The van der Waals surface area contributed by atoms with E-state index in [0.717, 1.165) is 16.5 Å². The fourth-order valence-electron chi connectivity index (χ4n) is 1.61. The van der Waals surface area contributed by atoms with Gasteiger partial charge in [-0.25, -0.2) is 4.98 Å². The summed E-state index contributed by atoms with van der Waals surface area (Å²) in [7, 11) is 1.75. The zero-order valence-electron chi connectivity index (χ0n) is 12.6. The maximum atomic E-state index is 5.47. The molecular formula is C14H21IN4OS. The number of thiophene rings is 1. The molecule has 0 aliphatic carbocycles. The maximum absolute atomic E-state index is 5.47. The molecule has 0 spiro atoms. The van der Waals surface area contributed by atoms with E-state index in [1.807, 2.05) is 17.5 Å². The minimum Gasteiger partial charge on any atom is -0.443 e. The summed E-state index contributed by atoms with van der Waals surface area (Å²) < 4.78 is 5.47. The first kappa shape index (κ1) is 18.0. The van der Waals surface area contributed by atoms with Crippen molar-refractivity contribution < 1.29 is 4.42 Å². The average molecular weight is 420 g/mol. The number of hydrogen-bond donors (Lipinski definition) is 2. The van der Waals surface area contributed by atoms with Crippen LogP contribution in [0.25, 0.3) is 10.8 Å². The molecule has 0 saturated heterocycles. The molecule has 21 heavy (non-hydrogen) atoms. The number of halogens is 1. The van der Waals surface area contributed by atoms with Crippen LogP contribution in [-0.2, 0) is 6.54 Å². The van der Waals surface area contributed by atoms with E-state index in [-0.39, 0.29) is 29.5 Å². The first-order valence-corrected chi connectivity index (χ1v) is 7.33. The van der Waals surface area contributed by atoms with Crippen LogP contribution in [0.4, 0.5) is 0 Å². The summed E-state index contributed by atoms with van der Waals surface area (Å²) >= 11 is 1.61. The zero-order chi connectivity index (χ0) is 14.6. The molecule has 0 fully saturated rings. The van der Waals surface area contributed by atoms with Crippen LogP contribution in [0.15, 0.2) is 33.2 Å². The molecule has 0 unspecified atom stereocenters. The molecule has 2 heterocycles. The molecule has 0 amide bonds. The number of hydrogen-bond acceptors (Lipinski definition) is 4. The largest absolute Gasteiger partial charge is 0.443 e. The molecule has 0 aliphatic heterocycles. The summed E-state index contributed by atoms with van der Waals surface area (Å²) in [6.07, 6.45) is 1.67. The van der Waals surface area contributed by atoms with E-state index in [0.29, 0.717) is 12.4 Å². The monoisotopic (exact) mass is 420 g/mol. The quantitative estimate of drug-likeness (QED) is 0.454. The van der Waals surface area contributed by atoms with Gasteiger partial charge in [0.05, 0.1) is 17.1 Å². The van der Waals surface area contributed by atoms with E-state index in [2.05, 4.69) is 41.4 Å². The second-order valence-corrected chi connectivity index (χ2v) is 6.37. The highest BCUT2D eigenvalue weighted by Crippen LogP contribution is 2.23. The lowest BCUT2D eigenvalue weighted by Crippen LogP contribution is -2.47. The van der Waals surface area contributed by atoms with Crippen LogP contribution in [0.2, 0.25) is 0 Å². The second-order valence-electron chi connectivity index (χ2n) is 5.42. The molecule has 0 aliphatic rings. The number of nitrogens with one attached hydrogen (secondary N) is 2. The summed E-state index contributed by atoms with van der Waals surface area (Å²) in [5.74, 6) is 1.41. The molecule has 0 atom stereocenters. The van der Waals surface area contributed by atoms with E-state index < -0.39 is 0 Å². The van der Waals surface area contributed by atoms with E-state index in [9.17, 15) is 0 Å². The van der Waals surface area contributed by atoms with E-state index in [1.54, 1.807) is 24.6 Å². The van der Waals surface area contributed by atoms with Crippen LogP contribution in [0.1, 0.15) is 26.5 Å². The third kappa shape index (κ3) is 5.66. The van der Waals surface area contributed by atoms with Crippen molar-refractivity contribution in [3.63, 3.8) is 0 Å². The van der Waals surface area contributed by atoms with Crippen LogP contribution in [0.3, 0.4) is 0 Å². The summed E-state index contributed by atoms with van der Waals surface area (Å²) in [6, 6.07) is 3.98. The van der Waals surface area contributed by atoms with E-state index in [1.165, 1.54) is 0 Å². The summed E-state index contributed by atoms with van der Waals surface area (Å²) in [4.78, 5) is 9.67. The van der Waals surface area contributed by atoms with Crippen LogP contribution >= 0.6 is 35.3 Å². The zero-order valence-corrected chi connectivity index (χ0v) is 15.8. The summed E-state index contributed by atoms with van der Waals surface area (Å²) in [6.45, 7) is 6.84. The topological polar surface area (TPSA) is 62.5 Å². The predicted molar refractivity (Wildman–Crippen MR) is 98.3 cm³/mol. The van der Waals surface area contributed by atoms with Gasteiger partial charge in [-0.2, -0.15) is 0 Å². The molecule has 0 aromatic carbocycles. The average Bonchev–Trinajstić information content (AvgIpc) is 3.03. The summed E-state index contributed by atoms with van der Waals surface area (Å²) in [5, 5.41) is 8.52. The molecule has 7 heteroatoms. The van der Waals surface area contributed by atoms with Gasteiger partial charge in [-0.1, -0.05) is 6.07 Å². The first-order chi connectivity index (χ1) is 9.48. The Morgan fingerprint density at radius 1 is 1.43 bits per heavy atom. The molecule has 2 rings (SSSR count). The number of nitrogens with zero attached hydrogens (tertiary/aromatic N) is 2. The Kier molecular flexibility index (Phi) is 6.66. The Bertz CT molecular complexity index is 572. The highest BCUT2D eigenvalue weighted by Gasteiger charge is 2.12. The lowest BCUT2D eigenvalue weighted by molar-refractivity contribution is 0.501. The number of rotatable bonds is 3. The highest BCUT2D eigenvalue weighted by atomic mass is 127. The smallest absolute Gasteiger partial charge is 0.236 e. The lowest BCUT2D eigenvalue weighted by atomic mass is 10.1. The Labute approximate surface area is 146 Å². The maximum Gasteiger partial charge on any atom is 0.236 e. The van der Waals surface area contributed by atoms with Crippen molar-refractivity contribution in [3.05, 3.63) is 29.5 Å². The van der Waals surface area contributed by atoms with Gasteiger partial charge in [0.15, 0.2) is 5.96 Å². The van der Waals surface area contributed by atoms with Gasteiger partial charge in [0.25, 0.3) is 0 Å². The first-order valence-electron chi connectivity index (χ1n) is 6.45. The van der Waals surface area contributed by atoms with E-state index in [4.69, 9.17) is 4.42 Å². The standard InChI is InChI=1S/C14H20N4OS.HI/c1-14(2,3)18-13(15-4)16-8-10-9-19-12(17-10)11-6-5-7-20-11;/h5-7,9H,8H2,1-4H3,(H2,15,16,18);1H. The van der Waals surface area contributed by atoms with Gasteiger partial charge in [-0.3, -0.25) is 4.99 Å². The van der Waals surface area contributed by atoms with Crippen molar-refractivity contribution in [3.8, 4) is 10.8 Å². The van der Waals surface area contributed by atoms with Gasteiger partial charge in [0, 0.05) is 12.6 Å². The molecule has 0 saturated carbocycles. The molecular weight excluding hydrogens is 399 g/mol. The van der Waals surface area contributed by atoms with Crippen LogP contribution in [-0.4, -0.2) is 23.5 Å². The highest BCUT2D eigenvalue weighted by molar-refractivity contribution is 14.0. The van der Waals surface area contributed by atoms with Gasteiger partial charge in [0.2, 0.25) is 5.89 Å². The Morgan fingerprint density at radius 3 is 2.76 bits per heavy atom. The second kappa shape index (κ2) is 7.79. The van der Waals surface area contributed by atoms with Crippen LogP contribution in [0.5, 0.6) is 0 Å². The van der Waals surface area contributed by atoms with Crippen molar-refractivity contribution in [1.29, 1.82) is 0 Å². The fraction of sp³-hybridized carbons (Fsp3) is 0.429. The Morgan fingerprint density at radius 2 is 2.19 bits per heavy atom. The minimum atomic E-state index is -0.0339. The molecule has 2 N–H and O–H groups in total.